The summed E-state index contributed by atoms with van der Waals surface area (Å²) >= 11 is 2.34. The summed E-state index contributed by atoms with van der Waals surface area (Å²) in [4.78, 5) is 0. The minimum atomic E-state index is 0.324. The van der Waals surface area contributed by atoms with Crippen LogP contribution >= 0.6 is 22.6 Å². The molecule has 0 aliphatic heterocycles. The second-order valence-electron chi connectivity index (χ2n) is 4.68. The van der Waals surface area contributed by atoms with Crippen molar-refractivity contribution >= 4 is 28.3 Å². The number of halogens is 1. The molecule has 0 heterocycles. The molecule has 0 saturated heterocycles. The van der Waals surface area contributed by atoms with Crippen LogP contribution in [0.15, 0.2) is 42.5 Å². The van der Waals surface area contributed by atoms with Gasteiger partial charge in [-0.1, -0.05) is 24.3 Å². The highest BCUT2D eigenvalue weighted by Crippen LogP contribution is 2.25. The van der Waals surface area contributed by atoms with E-state index in [2.05, 4.69) is 91.1 Å². The van der Waals surface area contributed by atoms with E-state index in [9.17, 15) is 0 Å². The number of hydrogen-bond donors (Lipinski definition) is 1. The Morgan fingerprint density at radius 3 is 2.39 bits per heavy atom. The van der Waals surface area contributed by atoms with E-state index in [0.717, 1.165) is 0 Å². The summed E-state index contributed by atoms with van der Waals surface area (Å²) in [7, 11) is 0. The van der Waals surface area contributed by atoms with Crippen LogP contribution in [0.3, 0.4) is 0 Å². The molecule has 1 atom stereocenters. The van der Waals surface area contributed by atoms with E-state index < -0.39 is 0 Å². The lowest BCUT2D eigenvalue weighted by molar-refractivity contribution is 0.872. The van der Waals surface area contributed by atoms with Gasteiger partial charge in [0.2, 0.25) is 0 Å². The first-order valence-electron chi connectivity index (χ1n) is 6.16. The number of anilines is 1. The van der Waals surface area contributed by atoms with Gasteiger partial charge in [-0.25, -0.2) is 0 Å². The first-order chi connectivity index (χ1) is 8.58. The van der Waals surface area contributed by atoms with Gasteiger partial charge in [0.1, 0.15) is 0 Å². The summed E-state index contributed by atoms with van der Waals surface area (Å²) in [5, 5.41) is 3.59. The second kappa shape index (κ2) is 5.74. The summed E-state index contributed by atoms with van der Waals surface area (Å²) in [5.41, 5.74) is 5.20. The van der Waals surface area contributed by atoms with Crippen molar-refractivity contribution in [2.24, 2.45) is 0 Å². The predicted molar refractivity (Wildman–Crippen MR) is 87.1 cm³/mol. The van der Waals surface area contributed by atoms with Crippen molar-refractivity contribution < 1.29 is 0 Å². The Labute approximate surface area is 123 Å². The monoisotopic (exact) mass is 351 g/mol. The normalized spacial score (nSPS) is 12.2. The molecule has 0 aromatic heterocycles. The predicted octanol–water partition coefficient (Wildman–Crippen LogP) is 5.08. The minimum absolute atomic E-state index is 0.324. The van der Waals surface area contributed by atoms with E-state index in [0.29, 0.717) is 6.04 Å². The number of nitrogens with one attached hydrogen (secondary N) is 1. The third kappa shape index (κ3) is 3.05. The Bertz CT molecular complexity index is 549. The van der Waals surface area contributed by atoms with Crippen LogP contribution < -0.4 is 5.32 Å². The summed E-state index contributed by atoms with van der Waals surface area (Å²) in [6.07, 6.45) is 0. The van der Waals surface area contributed by atoms with Crippen LogP contribution in [0.5, 0.6) is 0 Å². The van der Waals surface area contributed by atoms with Crippen molar-refractivity contribution in [3.05, 3.63) is 62.7 Å². The summed E-state index contributed by atoms with van der Waals surface area (Å²) in [6.45, 7) is 6.52. The molecule has 0 aliphatic rings. The van der Waals surface area contributed by atoms with Crippen molar-refractivity contribution in [3.8, 4) is 0 Å². The van der Waals surface area contributed by atoms with Gasteiger partial charge in [-0.05, 0) is 78.3 Å². The number of rotatable bonds is 3. The second-order valence-corrected chi connectivity index (χ2v) is 5.93. The minimum Gasteiger partial charge on any atom is -0.378 e. The van der Waals surface area contributed by atoms with Crippen molar-refractivity contribution in [2.75, 3.05) is 5.32 Å². The van der Waals surface area contributed by atoms with Gasteiger partial charge in [-0.3, -0.25) is 0 Å². The van der Waals surface area contributed by atoms with Gasteiger partial charge in [0.05, 0.1) is 0 Å². The van der Waals surface area contributed by atoms with Gasteiger partial charge >= 0.3 is 0 Å². The SMILES string of the molecule is Cc1cc(I)ccc1NC(C)c1ccccc1C. The molecule has 1 N–H and O–H groups in total. The van der Waals surface area contributed by atoms with Crippen LogP contribution in [0.25, 0.3) is 0 Å². The van der Waals surface area contributed by atoms with Gasteiger partial charge in [0.15, 0.2) is 0 Å². The highest BCUT2D eigenvalue weighted by molar-refractivity contribution is 14.1. The first-order valence-corrected chi connectivity index (χ1v) is 7.24. The maximum Gasteiger partial charge on any atom is 0.0488 e. The summed E-state index contributed by atoms with van der Waals surface area (Å²) in [6, 6.07) is 15.4. The molecule has 0 aliphatic carbocycles. The molecule has 94 valence electrons. The van der Waals surface area contributed by atoms with Crippen LogP contribution in [0, 0.1) is 17.4 Å². The molecule has 2 aromatic rings. The van der Waals surface area contributed by atoms with Crippen LogP contribution in [0.4, 0.5) is 5.69 Å². The fourth-order valence-electron chi connectivity index (χ4n) is 2.17. The molecule has 1 unspecified atom stereocenters. The Hall–Kier alpha value is -1.03. The molecule has 2 heteroatoms. The smallest absolute Gasteiger partial charge is 0.0488 e. The number of hydrogen-bond acceptors (Lipinski definition) is 1. The lowest BCUT2D eigenvalue weighted by atomic mass is 10.0. The standard InChI is InChI=1S/C16H18IN/c1-11-6-4-5-7-15(11)13(3)18-16-9-8-14(17)10-12(16)2/h4-10,13,18H,1-3H3. The van der Waals surface area contributed by atoms with Crippen molar-refractivity contribution in [3.63, 3.8) is 0 Å². The molecular formula is C16H18IN. The average molecular weight is 351 g/mol. The fraction of sp³-hybridized carbons (Fsp3) is 0.250. The van der Waals surface area contributed by atoms with Crippen molar-refractivity contribution in [2.45, 2.75) is 26.8 Å². The summed E-state index contributed by atoms with van der Waals surface area (Å²) in [5.74, 6) is 0. The average Bonchev–Trinajstić information content (AvgIpc) is 2.33. The van der Waals surface area contributed by atoms with Gasteiger partial charge in [-0.15, -0.1) is 0 Å². The van der Waals surface area contributed by atoms with E-state index in [-0.39, 0.29) is 0 Å². The zero-order chi connectivity index (χ0) is 13.1. The Balaban J connectivity index is 2.21. The van der Waals surface area contributed by atoms with E-state index in [4.69, 9.17) is 0 Å². The zero-order valence-corrected chi connectivity index (χ0v) is 13.2. The molecule has 0 fully saturated rings. The largest absolute Gasteiger partial charge is 0.378 e. The summed E-state index contributed by atoms with van der Waals surface area (Å²) < 4.78 is 1.28. The van der Waals surface area contributed by atoms with Crippen molar-refractivity contribution in [1.29, 1.82) is 0 Å². The van der Waals surface area contributed by atoms with Crippen LogP contribution in [-0.4, -0.2) is 0 Å². The highest BCUT2D eigenvalue weighted by Gasteiger charge is 2.08. The van der Waals surface area contributed by atoms with Crippen LogP contribution in [0.1, 0.15) is 29.7 Å². The van der Waals surface area contributed by atoms with Crippen LogP contribution in [-0.2, 0) is 0 Å². The molecule has 1 nitrogen and oxygen atoms in total. The molecule has 18 heavy (non-hydrogen) atoms. The van der Waals surface area contributed by atoms with Crippen molar-refractivity contribution in [1.82, 2.24) is 0 Å². The van der Waals surface area contributed by atoms with Gasteiger partial charge < -0.3 is 5.32 Å². The Morgan fingerprint density at radius 2 is 1.72 bits per heavy atom. The Kier molecular flexibility index (Phi) is 4.27. The first kappa shape index (κ1) is 13.4. The molecule has 2 rings (SSSR count). The van der Waals surface area contributed by atoms with Gasteiger partial charge in [0.25, 0.3) is 0 Å². The van der Waals surface area contributed by atoms with E-state index in [1.54, 1.807) is 0 Å². The third-order valence-corrected chi connectivity index (χ3v) is 3.89. The van der Waals surface area contributed by atoms with E-state index >= 15 is 0 Å². The molecule has 0 saturated carbocycles. The van der Waals surface area contributed by atoms with Crippen LogP contribution in [0.2, 0.25) is 0 Å². The molecule has 0 bridgehead atoms. The topological polar surface area (TPSA) is 12.0 Å². The number of aryl methyl sites for hydroxylation is 2. The van der Waals surface area contributed by atoms with Gasteiger partial charge in [-0.2, -0.15) is 0 Å². The highest BCUT2D eigenvalue weighted by atomic mass is 127. The maximum absolute atomic E-state index is 3.59. The quantitative estimate of drug-likeness (QED) is 0.761. The molecule has 2 aromatic carbocycles. The lowest BCUT2D eigenvalue weighted by Crippen LogP contribution is -2.09. The molecule has 0 radical (unpaired) electrons. The maximum atomic E-state index is 3.59. The number of benzene rings is 2. The van der Waals surface area contributed by atoms with E-state index in [1.165, 1.54) is 25.9 Å². The van der Waals surface area contributed by atoms with E-state index in [1.807, 2.05) is 0 Å². The lowest BCUT2D eigenvalue weighted by Gasteiger charge is -2.19. The third-order valence-electron chi connectivity index (χ3n) is 3.22. The molecular weight excluding hydrogens is 333 g/mol. The Morgan fingerprint density at radius 1 is 1.00 bits per heavy atom. The fourth-order valence-corrected chi connectivity index (χ4v) is 2.82. The molecule has 0 spiro atoms. The zero-order valence-electron chi connectivity index (χ0n) is 11.0. The molecule has 0 amide bonds. The van der Waals surface area contributed by atoms with Gasteiger partial charge in [0, 0.05) is 15.3 Å².